The van der Waals surface area contributed by atoms with E-state index in [1.54, 1.807) is 13.4 Å². The summed E-state index contributed by atoms with van der Waals surface area (Å²) >= 11 is 0. The third-order valence-electron chi connectivity index (χ3n) is 3.91. The van der Waals surface area contributed by atoms with E-state index in [1.807, 2.05) is 36.4 Å². The van der Waals surface area contributed by atoms with Crippen molar-refractivity contribution in [1.29, 1.82) is 0 Å². The maximum atomic E-state index is 12.0. The number of ether oxygens (including phenoxy) is 1. The standard InChI is InChI=1S/C16H20N2O4S/c1-21-13-6-4-12(5-7-13)18-16-11-23(19,20)10-15(16)17-9-14-3-2-8-22-14/h2-8,15-18H,9-11H2,1H3/t15-,16+/m1/s1. The number of hydrogen-bond donors (Lipinski definition) is 2. The van der Waals surface area contributed by atoms with Crippen LogP contribution in [0.1, 0.15) is 5.76 Å². The minimum atomic E-state index is -3.05. The molecule has 1 aromatic carbocycles. The van der Waals surface area contributed by atoms with Crippen LogP contribution in [0.2, 0.25) is 0 Å². The predicted molar refractivity (Wildman–Crippen MR) is 88.4 cm³/mol. The quantitative estimate of drug-likeness (QED) is 0.835. The van der Waals surface area contributed by atoms with Crippen molar-refractivity contribution in [1.82, 2.24) is 5.32 Å². The highest BCUT2D eigenvalue weighted by molar-refractivity contribution is 7.91. The van der Waals surface area contributed by atoms with Gasteiger partial charge in [-0.1, -0.05) is 0 Å². The molecule has 2 N–H and O–H groups in total. The molecule has 124 valence electrons. The fourth-order valence-corrected chi connectivity index (χ4v) is 4.63. The number of furan rings is 1. The molecule has 2 aromatic rings. The smallest absolute Gasteiger partial charge is 0.153 e. The van der Waals surface area contributed by atoms with Gasteiger partial charge in [-0.15, -0.1) is 0 Å². The Labute approximate surface area is 135 Å². The lowest BCUT2D eigenvalue weighted by molar-refractivity contribution is 0.415. The molecule has 0 unspecified atom stereocenters. The number of rotatable bonds is 6. The minimum absolute atomic E-state index is 0.120. The summed E-state index contributed by atoms with van der Waals surface area (Å²) in [6.07, 6.45) is 1.61. The van der Waals surface area contributed by atoms with E-state index in [4.69, 9.17) is 9.15 Å². The maximum Gasteiger partial charge on any atom is 0.153 e. The lowest BCUT2D eigenvalue weighted by Gasteiger charge is -2.21. The summed E-state index contributed by atoms with van der Waals surface area (Å²) in [5.41, 5.74) is 0.873. The predicted octanol–water partition coefficient (Wildman–Crippen LogP) is 1.66. The van der Waals surface area contributed by atoms with Crippen LogP contribution in [-0.2, 0) is 16.4 Å². The zero-order valence-electron chi connectivity index (χ0n) is 12.9. The van der Waals surface area contributed by atoms with Gasteiger partial charge in [0.15, 0.2) is 9.84 Å². The van der Waals surface area contributed by atoms with E-state index in [0.29, 0.717) is 6.54 Å². The van der Waals surface area contributed by atoms with Gasteiger partial charge in [0.1, 0.15) is 11.5 Å². The summed E-state index contributed by atoms with van der Waals surface area (Å²) in [4.78, 5) is 0. The van der Waals surface area contributed by atoms with Gasteiger partial charge in [0, 0.05) is 11.7 Å². The Hall–Kier alpha value is -1.99. The molecule has 0 spiro atoms. The number of benzene rings is 1. The second-order valence-electron chi connectivity index (χ2n) is 5.62. The van der Waals surface area contributed by atoms with Gasteiger partial charge in [-0.25, -0.2) is 8.42 Å². The topological polar surface area (TPSA) is 80.6 Å². The molecular formula is C16H20N2O4S. The number of sulfone groups is 1. The Balaban J connectivity index is 1.66. The molecule has 1 aliphatic heterocycles. The van der Waals surface area contributed by atoms with Crippen LogP contribution in [0.5, 0.6) is 5.75 Å². The highest BCUT2D eigenvalue weighted by atomic mass is 32.2. The van der Waals surface area contributed by atoms with E-state index in [-0.39, 0.29) is 23.6 Å². The SMILES string of the molecule is COc1ccc(N[C@H]2CS(=O)(=O)C[C@H]2NCc2ccco2)cc1. The first-order valence-corrected chi connectivity index (χ1v) is 9.25. The second-order valence-corrected chi connectivity index (χ2v) is 7.78. The molecule has 1 aromatic heterocycles. The normalized spacial score (nSPS) is 22.8. The third kappa shape index (κ3) is 4.05. The van der Waals surface area contributed by atoms with Crippen molar-refractivity contribution in [2.45, 2.75) is 18.6 Å². The molecule has 23 heavy (non-hydrogen) atoms. The molecule has 3 rings (SSSR count). The van der Waals surface area contributed by atoms with Crippen LogP contribution < -0.4 is 15.4 Å². The molecule has 0 radical (unpaired) electrons. The van der Waals surface area contributed by atoms with Crippen LogP contribution in [0.15, 0.2) is 47.1 Å². The Morgan fingerprint density at radius 2 is 1.91 bits per heavy atom. The Morgan fingerprint density at radius 1 is 1.17 bits per heavy atom. The van der Waals surface area contributed by atoms with Crippen molar-refractivity contribution in [3.05, 3.63) is 48.4 Å². The molecule has 2 heterocycles. The van der Waals surface area contributed by atoms with Crippen molar-refractivity contribution in [3.8, 4) is 5.75 Å². The van der Waals surface area contributed by atoms with Crippen molar-refractivity contribution >= 4 is 15.5 Å². The number of anilines is 1. The van der Waals surface area contributed by atoms with E-state index < -0.39 is 9.84 Å². The summed E-state index contributed by atoms with van der Waals surface area (Å²) in [5, 5.41) is 6.57. The molecule has 1 saturated heterocycles. The monoisotopic (exact) mass is 336 g/mol. The van der Waals surface area contributed by atoms with Crippen LogP contribution in [0.3, 0.4) is 0 Å². The number of nitrogens with one attached hydrogen (secondary N) is 2. The molecule has 2 atom stereocenters. The van der Waals surface area contributed by atoms with Crippen LogP contribution in [0, 0.1) is 0 Å². The van der Waals surface area contributed by atoms with Gasteiger partial charge in [0.25, 0.3) is 0 Å². The van der Waals surface area contributed by atoms with Crippen LogP contribution in [0.4, 0.5) is 5.69 Å². The summed E-state index contributed by atoms with van der Waals surface area (Å²) in [6, 6.07) is 10.8. The molecule has 0 bridgehead atoms. The van der Waals surface area contributed by atoms with Crippen LogP contribution >= 0.6 is 0 Å². The van der Waals surface area contributed by atoms with Crippen molar-refractivity contribution in [3.63, 3.8) is 0 Å². The average molecular weight is 336 g/mol. The number of methoxy groups -OCH3 is 1. The van der Waals surface area contributed by atoms with Gasteiger partial charge >= 0.3 is 0 Å². The molecule has 0 aliphatic carbocycles. The zero-order valence-corrected chi connectivity index (χ0v) is 13.7. The largest absolute Gasteiger partial charge is 0.497 e. The molecule has 0 saturated carbocycles. The lowest BCUT2D eigenvalue weighted by atomic mass is 10.1. The van der Waals surface area contributed by atoms with Crippen LogP contribution in [0.25, 0.3) is 0 Å². The Morgan fingerprint density at radius 3 is 2.57 bits per heavy atom. The zero-order chi connectivity index (χ0) is 16.3. The van der Waals surface area contributed by atoms with E-state index >= 15 is 0 Å². The van der Waals surface area contributed by atoms with E-state index in [1.165, 1.54) is 0 Å². The summed E-state index contributed by atoms with van der Waals surface area (Å²) in [7, 11) is -1.44. The summed E-state index contributed by atoms with van der Waals surface area (Å²) < 4.78 is 34.4. The number of hydrogen-bond acceptors (Lipinski definition) is 6. The van der Waals surface area contributed by atoms with Gasteiger partial charge in [-0.2, -0.15) is 0 Å². The van der Waals surface area contributed by atoms with Gasteiger partial charge in [-0.3, -0.25) is 0 Å². The van der Waals surface area contributed by atoms with Gasteiger partial charge < -0.3 is 19.8 Å². The van der Waals surface area contributed by atoms with Crippen LogP contribution in [-0.4, -0.2) is 39.1 Å². The first-order chi connectivity index (χ1) is 11.1. The first-order valence-electron chi connectivity index (χ1n) is 7.42. The molecule has 6 nitrogen and oxygen atoms in total. The minimum Gasteiger partial charge on any atom is -0.497 e. The first kappa shape index (κ1) is 15.9. The van der Waals surface area contributed by atoms with Gasteiger partial charge in [0.2, 0.25) is 0 Å². The average Bonchev–Trinajstić information content (AvgIpc) is 3.13. The molecule has 0 amide bonds. The highest BCUT2D eigenvalue weighted by Crippen LogP contribution is 2.21. The molecule has 1 aliphatic rings. The molecule has 7 heteroatoms. The Kier molecular flexibility index (Phi) is 4.58. The third-order valence-corrected chi connectivity index (χ3v) is 5.65. The second kappa shape index (κ2) is 6.64. The van der Waals surface area contributed by atoms with Crippen molar-refractivity contribution < 1.29 is 17.6 Å². The van der Waals surface area contributed by atoms with Crippen molar-refractivity contribution in [2.75, 3.05) is 23.9 Å². The molecular weight excluding hydrogens is 316 g/mol. The van der Waals surface area contributed by atoms with E-state index in [0.717, 1.165) is 17.2 Å². The maximum absolute atomic E-state index is 12.0. The molecule has 1 fully saturated rings. The summed E-state index contributed by atoms with van der Waals surface area (Å²) in [5.74, 6) is 1.80. The summed E-state index contributed by atoms with van der Waals surface area (Å²) in [6.45, 7) is 0.508. The Bertz CT molecular complexity index is 726. The fraction of sp³-hybridized carbons (Fsp3) is 0.375. The van der Waals surface area contributed by atoms with Crippen molar-refractivity contribution in [2.24, 2.45) is 0 Å². The lowest BCUT2D eigenvalue weighted by Crippen LogP contribution is -2.42. The highest BCUT2D eigenvalue weighted by Gasteiger charge is 2.37. The van der Waals surface area contributed by atoms with E-state index in [2.05, 4.69) is 10.6 Å². The van der Waals surface area contributed by atoms with Gasteiger partial charge in [0.05, 0.1) is 37.5 Å². The fourth-order valence-electron chi connectivity index (χ4n) is 2.74. The van der Waals surface area contributed by atoms with Gasteiger partial charge in [-0.05, 0) is 36.4 Å². The van der Waals surface area contributed by atoms with E-state index in [9.17, 15) is 8.42 Å².